The van der Waals surface area contributed by atoms with Crippen LogP contribution in [0.1, 0.15) is 35.2 Å². The number of amides is 1. The summed E-state index contributed by atoms with van der Waals surface area (Å²) in [6.45, 7) is 5.54. The Hall–Kier alpha value is -3.12. The third kappa shape index (κ3) is 5.52. The number of carbonyl (C=O) groups is 1. The molecule has 0 aliphatic heterocycles. The summed E-state index contributed by atoms with van der Waals surface area (Å²) in [5, 5.41) is 3.06. The highest BCUT2D eigenvalue weighted by Gasteiger charge is 2.30. The number of hydrogen-bond acceptors (Lipinski definition) is 3. The molecule has 3 aromatic carbocycles. The van der Waals surface area contributed by atoms with E-state index in [0.717, 1.165) is 28.5 Å². The second-order valence-corrected chi connectivity index (χ2v) is 9.69. The van der Waals surface area contributed by atoms with Crippen molar-refractivity contribution in [2.24, 2.45) is 0 Å². The Balaban J connectivity index is 1.94. The van der Waals surface area contributed by atoms with Crippen LogP contribution in [0.3, 0.4) is 0 Å². The molecule has 3 aromatic rings. The number of aryl methyl sites for hydroxylation is 2. The number of nitrogens with zero attached hydrogens (tertiary/aromatic N) is 1. The molecule has 0 aliphatic carbocycles. The third-order valence-electron chi connectivity index (χ3n) is 5.21. The fourth-order valence-corrected chi connectivity index (χ4v) is 4.70. The van der Waals surface area contributed by atoms with Gasteiger partial charge in [-0.2, -0.15) is 0 Å². The van der Waals surface area contributed by atoms with Crippen molar-refractivity contribution in [3.8, 4) is 0 Å². The minimum atomic E-state index is -3.67. The van der Waals surface area contributed by atoms with Gasteiger partial charge in [0.05, 0.1) is 18.0 Å². The molecular weight excluding hydrogens is 408 g/mol. The van der Waals surface area contributed by atoms with Crippen LogP contribution in [0.15, 0.2) is 78.9 Å². The van der Waals surface area contributed by atoms with Crippen LogP contribution >= 0.6 is 0 Å². The van der Waals surface area contributed by atoms with E-state index in [1.54, 1.807) is 19.1 Å². The molecule has 5 nitrogen and oxygen atoms in total. The van der Waals surface area contributed by atoms with E-state index in [9.17, 15) is 13.2 Å². The first kappa shape index (κ1) is 22.6. The summed E-state index contributed by atoms with van der Waals surface area (Å²) in [5.41, 5.74) is 4.45. The average molecular weight is 437 g/mol. The summed E-state index contributed by atoms with van der Waals surface area (Å²) in [6.07, 6.45) is 1.12. The van der Waals surface area contributed by atoms with Crippen molar-refractivity contribution in [3.05, 3.63) is 101 Å². The van der Waals surface area contributed by atoms with E-state index in [-0.39, 0.29) is 5.91 Å². The van der Waals surface area contributed by atoms with Gasteiger partial charge >= 0.3 is 0 Å². The van der Waals surface area contributed by atoms with Crippen molar-refractivity contribution in [3.63, 3.8) is 0 Å². The molecule has 3 rings (SSSR count). The lowest BCUT2D eigenvalue weighted by atomic mass is 9.97. The van der Waals surface area contributed by atoms with Crippen LogP contribution in [0, 0.1) is 13.8 Å². The van der Waals surface area contributed by atoms with E-state index in [4.69, 9.17) is 0 Å². The van der Waals surface area contributed by atoms with Crippen molar-refractivity contribution in [2.75, 3.05) is 10.6 Å². The van der Waals surface area contributed by atoms with Gasteiger partial charge in [0.25, 0.3) is 0 Å². The molecule has 0 spiro atoms. The van der Waals surface area contributed by atoms with E-state index in [0.29, 0.717) is 5.69 Å². The predicted molar refractivity (Wildman–Crippen MR) is 126 cm³/mol. The third-order valence-corrected chi connectivity index (χ3v) is 6.45. The van der Waals surface area contributed by atoms with E-state index in [2.05, 4.69) is 5.32 Å². The Bertz CT molecular complexity index is 1130. The number of carbonyl (C=O) groups excluding carboxylic acids is 1. The summed E-state index contributed by atoms with van der Waals surface area (Å²) in [4.78, 5) is 13.3. The minimum absolute atomic E-state index is 0.375. The summed E-state index contributed by atoms with van der Waals surface area (Å²) in [6, 6.07) is 23.4. The first-order valence-corrected chi connectivity index (χ1v) is 12.0. The van der Waals surface area contributed by atoms with Crippen LogP contribution < -0.4 is 9.62 Å². The Kier molecular flexibility index (Phi) is 6.81. The molecule has 0 saturated heterocycles. The molecule has 31 heavy (non-hydrogen) atoms. The summed E-state index contributed by atoms with van der Waals surface area (Å²) in [5.74, 6) is -0.375. The monoisotopic (exact) mass is 436 g/mol. The van der Waals surface area contributed by atoms with Crippen LogP contribution in [-0.2, 0) is 14.8 Å². The SMILES string of the molecule is Cc1ccc(C(NC(=O)C(C)N(c2ccc(C)cc2)S(C)(=O)=O)c2ccccc2)cc1. The quantitative estimate of drug-likeness (QED) is 0.598. The first-order chi connectivity index (χ1) is 14.7. The molecule has 0 saturated carbocycles. The Labute approximate surface area is 184 Å². The van der Waals surface area contributed by atoms with E-state index in [1.165, 1.54) is 4.31 Å². The van der Waals surface area contributed by atoms with Crippen LogP contribution in [0.2, 0.25) is 0 Å². The van der Waals surface area contributed by atoms with Gasteiger partial charge in [-0.05, 0) is 44.0 Å². The van der Waals surface area contributed by atoms with Crippen molar-refractivity contribution in [1.29, 1.82) is 0 Å². The Morgan fingerprint density at radius 1 is 0.806 bits per heavy atom. The van der Waals surface area contributed by atoms with E-state index in [1.807, 2.05) is 80.6 Å². The number of sulfonamides is 1. The van der Waals surface area contributed by atoms with Gasteiger partial charge in [-0.15, -0.1) is 0 Å². The Morgan fingerprint density at radius 2 is 1.29 bits per heavy atom. The lowest BCUT2D eigenvalue weighted by Gasteiger charge is -2.30. The lowest BCUT2D eigenvalue weighted by molar-refractivity contribution is -0.122. The second kappa shape index (κ2) is 9.35. The molecule has 0 heterocycles. The standard InChI is InChI=1S/C25H28N2O3S/c1-18-10-14-22(15-11-18)24(21-8-6-5-7-9-21)26-25(28)20(3)27(31(4,29)30)23-16-12-19(2)13-17-23/h5-17,20,24H,1-4H3,(H,26,28). The summed E-state index contributed by atoms with van der Waals surface area (Å²) in [7, 11) is -3.67. The predicted octanol–water partition coefficient (Wildman–Crippen LogP) is 4.36. The van der Waals surface area contributed by atoms with Crippen molar-refractivity contribution < 1.29 is 13.2 Å². The molecule has 1 N–H and O–H groups in total. The zero-order valence-electron chi connectivity index (χ0n) is 18.2. The first-order valence-electron chi connectivity index (χ1n) is 10.1. The molecule has 0 radical (unpaired) electrons. The van der Waals surface area contributed by atoms with E-state index < -0.39 is 22.1 Å². The molecule has 0 fully saturated rings. The van der Waals surface area contributed by atoms with E-state index >= 15 is 0 Å². The average Bonchev–Trinajstić information content (AvgIpc) is 2.74. The molecule has 6 heteroatoms. The topological polar surface area (TPSA) is 66.5 Å². The number of hydrogen-bond donors (Lipinski definition) is 1. The molecular formula is C25H28N2O3S. The Morgan fingerprint density at radius 3 is 1.81 bits per heavy atom. The normalized spacial score (nSPS) is 13.3. The molecule has 2 unspecified atom stereocenters. The molecule has 2 atom stereocenters. The smallest absolute Gasteiger partial charge is 0.244 e. The lowest BCUT2D eigenvalue weighted by Crippen LogP contribution is -2.48. The maximum atomic E-state index is 13.3. The molecule has 0 aliphatic rings. The minimum Gasteiger partial charge on any atom is -0.343 e. The van der Waals surface area contributed by atoms with Gasteiger partial charge in [0.1, 0.15) is 6.04 Å². The van der Waals surface area contributed by atoms with Crippen molar-refractivity contribution >= 4 is 21.6 Å². The maximum Gasteiger partial charge on any atom is 0.244 e. The number of anilines is 1. The highest BCUT2D eigenvalue weighted by atomic mass is 32.2. The molecule has 0 bridgehead atoms. The largest absolute Gasteiger partial charge is 0.343 e. The van der Waals surface area contributed by atoms with Gasteiger partial charge in [0.2, 0.25) is 15.9 Å². The van der Waals surface area contributed by atoms with Gasteiger partial charge < -0.3 is 5.32 Å². The fourth-order valence-electron chi connectivity index (χ4n) is 3.53. The van der Waals surface area contributed by atoms with Gasteiger partial charge in [0.15, 0.2) is 0 Å². The maximum absolute atomic E-state index is 13.3. The van der Waals surface area contributed by atoms with Gasteiger partial charge in [0, 0.05) is 0 Å². The van der Waals surface area contributed by atoms with Gasteiger partial charge in [-0.25, -0.2) is 8.42 Å². The van der Waals surface area contributed by atoms with Crippen LogP contribution in [-0.4, -0.2) is 26.6 Å². The summed E-state index contributed by atoms with van der Waals surface area (Å²) < 4.78 is 26.3. The molecule has 162 valence electrons. The summed E-state index contributed by atoms with van der Waals surface area (Å²) >= 11 is 0. The number of benzene rings is 3. The number of nitrogens with one attached hydrogen (secondary N) is 1. The molecule has 1 amide bonds. The van der Waals surface area contributed by atoms with Crippen LogP contribution in [0.4, 0.5) is 5.69 Å². The van der Waals surface area contributed by atoms with Gasteiger partial charge in [-0.3, -0.25) is 9.10 Å². The highest BCUT2D eigenvalue weighted by Crippen LogP contribution is 2.25. The van der Waals surface area contributed by atoms with Crippen LogP contribution in [0.25, 0.3) is 0 Å². The fraction of sp³-hybridized carbons (Fsp3) is 0.240. The second-order valence-electron chi connectivity index (χ2n) is 7.83. The zero-order chi connectivity index (χ0) is 22.6. The highest BCUT2D eigenvalue weighted by molar-refractivity contribution is 7.92. The van der Waals surface area contributed by atoms with Crippen molar-refractivity contribution in [2.45, 2.75) is 32.9 Å². The van der Waals surface area contributed by atoms with Gasteiger partial charge in [-0.1, -0.05) is 77.9 Å². The zero-order valence-corrected chi connectivity index (χ0v) is 19.1. The number of rotatable bonds is 7. The van der Waals surface area contributed by atoms with Crippen LogP contribution in [0.5, 0.6) is 0 Å². The van der Waals surface area contributed by atoms with Crippen molar-refractivity contribution in [1.82, 2.24) is 5.32 Å². The molecule has 0 aromatic heterocycles.